The van der Waals surface area contributed by atoms with Crippen LogP contribution in [-0.2, 0) is 4.79 Å². The SMILES string of the molecule is Cc1ccc(Cl)cc1N1CCC(CNC(=O)C2CC3CCCCC3N2)C1.Cl.Cl. The second-order valence-electron chi connectivity index (χ2n) is 8.38. The van der Waals surface area contributed by atoms with Crippen molar-refractivity contribution in [1.82, 2.24) is 10.6 Å². The van der Waals surface area contributed by atoms with Crippen LogP contribution in [0.15, 0.2) is 18.2 Å². The number of rotatable bonds is 4. The first-order valence-corrected chi connectivity index (χ1v) is 10.5. The van der Waals surface area contributed by atoms with E-state index in [-0.39, 0.29) is 36.8 Å². The van der Waals surface area contributed by atoms with Gasteiger partial charge < -0.3 is 15.5 Å². The summed E-state index contributed by atoms with van der Waals surface area (Å²) in [7, 11) is 0. The summed E-state index contributed by atoms with van der Waals surface area (Å²) >= 11 is 6.17. The molecule has 158 valence electrons. The Morgan fingerprint density at radius 1 is 1.25 bits per heavy atom. The van der Waals surface area contributed by atoms with Gasteiger partial charge in [-0.2, -0.15) is 0 Å². The van der Waals surface area contributed by atoms with Crippen LogP contribution in [0, 0.1) is 18.8 Å². The molecule has 1 aliphatic carbocycles. The van der Waals surface area contributed by atoms with Crippen molar-refractivity contribution in [3.05, 3.63) is 28.8 Å². The summed E-state index contributed by atoms with van der Waals surface area (Å²) in [4.78, 5) is 15.0. The number of amides is 1. The molecular formula is C21H32Cl3N3O. The second-order valence-corrected chi connectivity index (χ2v) is 8.82. The van der Waals surface area contributed by atoms with Crippen LogP contribution in [0.4, 0.5) is 5.69 Å². The maximum Gasteiger partial charge on any atom is 0.237 e. The van der Waals surface area contributed by atoms with E-state index in [4.69, 9.17) is 11.6 Å². The van der Waals surface area contributed by atoms with Gasteiger partial charge in [0.15, 0.2) is 0 Å². The number of halogens is 3. The Labute approximate surface area is 186 Å². The molecule has 1 saturated carbocycles. The Morgan fingerprint density at radius 3 is 2.82 bits per heavy atom. The van der Waals surface area contributed by atoms with Crippen molar-refractivity contribution in [1.29, 1.82) is 0 Å². The van der Waals surface area contributed by atoms with Crippen LogP contribution in [0.25, 0.3) is 0 Å². The molecule has 4 nitrogen and oxygen atoms in total. The predicted molar refractivity (Wildman–Crippen MR) is 121 cm³/mol. The Bertz CT molecular complexity index is 658. The Kier molecular flexibility index (Phi) is 8.75. The summed E-state index contributed by atoms with van der Waals surface area (Å²) in [6.07, 6.45) is 7.31. The van der Waals surface area contributed by atoms with Crippen molar-refractivity contribution >= 4 is 48.0 Å². The minimum Gasteiger partial charge on any atom is -0.371 e. The fourth-order valence-corrected chi connectivity index (χ4v) is 5.20. The number of fused-ring (bicyclic) bond motifs is 1. The highest BCUT2D eigenvalue weighted by atomic mass is 35.5. The molecule has 1 aromatic rings. The summed E-state index contributed by atoms with van der Waals surface area (Å²) in [6.45, 7) is 4.94. The van der Waals surface area contributed by atoms with Gasteiger partial charge in [0.05, 0.1) is 6.04 Å². The van der Waals surface area contributed by atoms with Crippen molar-refractivity contribution in [2.75, 3.05) is 24.5 Å². The van der Waals surface area contributed by atoms with Crippen LogP contribution in [0.2, 0.25) is 5.02 Å². The van der Waals surface area contributed by atoms with E-state index in [9.17, 15) is 4.79 Å². The summed E-state index contributed by atoms with van der Waals surface area (Å²) in [6, 6.07) is 6.68. The molecular weight excluding hydrogens is 417 g/mol. The third-order valence-electron chi connectivity index (χ3n) is 6.54. The molecule has 2 aliphatic heterocycles. The van der Waals surface area contributed by atoms with E-state index in [1.165, 1.54) is 36.9 Å². The van der Waals surface area contributed by atoms with E-state index in [2.05, 4.69) is 34.6 Å². The van der Waals surface area contributed by atoms with Crippen LogP contribution in [0.5, 0.6) is 0 Å². The second kappa shape index (κ2) is 10.4. The zero-order valence-electron chi connectivity index (χ0n) is 16.5. The number of carbonyl (C=O) groups is 1. The Hall–Kier alpha value is -0.680. The number of benzene rings is 1. The monoisotopic (exact) mass is 447 g/mol. The van der Waals surface area contributed by atoms with Gasteiger partial charge in [-0.3, -0.25) is 4.79 Å². The van der Waals surface area contributed by atoms with Crippen LogP contribution in [0.3, 0.4) is 0 Å². The normalized spacial score (nSPS) is 28.9. The number of carbonyl (C=O) groups excluding carboxylic acids is 1. The number of aryl methyl sites for hydroxylation is 1. The molecule has 3 aliphatic rings. The van der Waals surface area contributed by atoms with Crippen molar-refractivity contribution in [2.24, 2.45) is 11.8 Å². The van der Waals surface area contributed by atoms with Gasteiger partial charge in [0, 0.05) is 36.4 Å². The first-order chi connectivity index (χ1) is 12.6. The molecule has 0 aromatic heterocycles. The summed E-state index contributed by atoms with van der Waals surface area (Å²) in [5.74, 6) is 1.44. The Morgan fingerprint density at radius 2 is 2.04 bits per heavy atom. The number of anilines is 1. The number of nitrogens with one attached hydrogen (secondary N) is 2. The summed E-state index contributed by atoms with van der Waals surface area (Å²) in [5, 5.41) is 7.59. The highest BCUT2D eigenvalue weighted by Gasteiger charge is 2.38. The average Bonchev–Trinajstić information content (AvgIpc) is 3.28. The predicted octanol–water partition coefficient (Wildman–Crippen LogP) is 4.36. The minimum absolute atomic E-state index is 0. The first kappa shape index (κ1) is 23.6. The molecule has 2 saturated heterocycles. The first-order valence-electron chi connectivity index (χ1n) is 10.1. The largest absolute Gasteiger partial charge is 0.371 e. The van der Waals surface area contributed by atoms with Crippen molar-refractivity contribution < 1.29 is 4.79 Å². The van der Waals surface area contributed by atoms with Crippen molar-refractivity contribution in [3.8, 4) is 0 Å². The maximum absolute atomic E-state index is 12.6. The van der Waals surface area contributed by atoms with Gasteiger partial charge in [-0.05, 0) is 62.1 Å². The summed E-state index contributed by atoms with van der Waals surface area (Å²) < 4.78 is 0. The van der Waals surface area contributed by atoms with E-state index in [1.807, 2.05) is 6.07 Å². The standard InChI is InChI=1S/C21H30ClN3O.2ClH/c1-14-6-7-17(22)11-20(14)25-9-8-15(13-25)12-23-21(26)19-10-16-4-2-3-5-18(16)24-19;;/h6-7,11,15-16,18-19,24H,2-5,8-10,12-13H2,1H3,(H,23,26);2*1H. The molecule has 2 N–H and O–H groups in total. The lowest BCUT2D eigenvalue weighted by Crippen LogP contribution is -2.44. The van der Waals surface area contributed by atoms with Gasteiger partial charge in [-0.15, -0.1) is 24.8 Å². The molecule has 1 aromatic carbocycles. The van der Waals surface area contributed by atoms with Crippen LogP contribution in [0.1, 0.15) is 44.1 Å². The van der Waals surface area contributed by atoms with Gasteiger partial charge in [0.1, 0.15) is 0 Å². The van der Waals surface area contributed by atoms with Gasteiger partial charge >= 0.3 is 0 Å². The lowest BCUT2D eigenvalue weighted by atomic mass is 9.85. The number of hydrogen-bond donors (Lipinski definition) is 2. The van der Waals surface area contributed by atoms with Gasteiger partial charge in [-0.1, -0.05) is 30.5 Å². The summed E-state index contributed by atoms with van der Waals surface area (Å²) in [5.41, 5.74) is 2.49. The van der Waals surface area contributed by atoms with Crippen LogP contribution < -0.4 is 15.5 Å². The van der Waals surface area contributed by atoms with Crippen molar-refractivity contribution in [3.63, 3.8) is 0 Å². The third kappa shape index (κ3) is 5.27. The maximum atomic E-state index is 12.6. The van der Waals surface area contributed by atoms with Gasteiger partial charge in [0.25, 0.3) is 0 Å². The Balaban J connectivity index is 0.00000140. The zero-order chi connectivity index (χ0) is 18.1. The number of hydrogen-bond acceptors (Lipinski definition) is 3. The lowest BCUT2D eigenvalue weighted by molar-refractivity contribution is -0.123. The van der Waals surface area contributed by atoms with Crippen LogP contribution >= 0.6 is 36.4 Å². The van der Waals surface area contributed by atoms with Gasteiger partial charge in [-0.25, -0.2) is 0 Å². The van der Waals surface area contributed by atoms with Crippen molar-refractivity contribution in [2.45, 2.75) is 57.5 Å². The highest BCUT2D eigenvalue weighted by Crippen LogP contribution is 2.33. The lowest BCUT2D eigenvalue weighted by Gasteiger charge is -2.24. The number of nitrogens with zero attached hydrogens (tertiary/aromatic N) is 1. The van der Waals surface area contributed by atoms with E-state index in [1.54, 1.807) is 0 Å². The molecule has 4 atom stereocenters. The fourth-order valence-electron chi connectivity index (χ4n) is 5.03. The van der Waals surface area contributed by atoms with Gasteiger partial charge in [0.2, 0.25) is 5.91 Å². The van der Waals surface area contributed by atoms with E-state index < -0.39 is 0 Å². The molecule has 28 heavy (non-hydrogen) atoms. The average molecular weight is 449 g/mol. The van der Waals surface area contributed by atoms with E-state index in [0.717, 1.165) is 37.5 Å². The molecule has 1 amide bonds. The molecule has 3 fully saturated rings. The molecule has 4 rings (SSSR count). The molecule has 0 radical (unpaired) electrons. The molecule has 0 bridgehead atoms. The third-order valence-corrected chi connectivity index (χ3v) is 6.78. The molecule has 0 spiro atoms. The molecule has 2 heterocycles. The highest BCUT2D eigenvalue weighted by molar-refractivity contribution is 6.30. The van der Waals surface area contributed by atoms with Crippen LogP contribution in [-0.4, -0.2) is 37.6 Å². The topological polar surface area (TPSA) is 44.4 Å². The smallest absolute Gasteiger partial charge is 0.237 e. The van der Waals surface area contributed by atoms with E-state index in [0.29, 0.717) is 17.9 Å². The zero-order valence-corrected chi connectivity index (χ0v) is 18.8. The fraction of sp³-hybridized carbons (Fsp3) is 0.667. The molecule has 7 heteroatoms. The minimum atomic E-state index is 0. The quantitative estimate of drug-likeness (QED) is 0.719. The molecule has 4 unspecified atom stereocenters. The van der Waals surface area contributed by atoms with E-state index >= 15 is 0 Å².